The Labute approximate surface area is 107 Å². The Morgan fingerprint density at radius 3 is 2.53 bits per heavy atom. The molecule has 0 bridgehead atoms. The van der Waals surface area contributed by atoms with Crippen LogP contribution in [0.5, 0.6) is 0 Å². The van der Waals surface area contributed by atoms with E-state index in [0.29, 0.717) is 11.8 Å². The lowest BCUT2D eigenvalue weighted by atomic mass is 9.83. The van der Waals surface area contributed by atoms with Crippen molar-refractivity contribution in [2.45, 2.75) is 32.1 Å². The van der Waals surface area contributed by atoms with Gasteiger partial charge in [0.05, 0.1) is 12.1 Å². The van der Waals surface area contributed by atoms with Crippen LogP contribution in [-0.4, -0.2) is 4.98 Å². The molecule has 2 aromatic rings. The summed E-state index contributed by atoms with van der Waals surface area (Å²) in [4.78, 5) is 4.14. The minimum absolute atomic E-state index is 0.0739. The Hall–Kier alpha value is -1.28. The number of alkyl halides is 1. The van der Waals surface area contributed by atoms with Crippen LogP contribution in [0.15, 0.2) is 34.9 Å². The fourth-order valence-electron chi connectivity index (χ4n) is 1.85. The first kappa shape index (κ1) is 12.2. The minimum atomic E-state index is 0.0739. The zero-order valence-corrected chi connectivity index (χ0v) is 11.1. The molecule has 3 heteroatoms. The minimum Gasteiger partial charge on any atom is -0.439 e. The zero-order valence-electron chi connectivity index (χ0n) is 10.3. The maximum absolute atomic E-state index is 5.70. The summed E-state index contributed by atoms with van der Waals surface area (Å²) in [7, 11) is 0. The first-order valence-corrected chi connectivity index (χ1v) is 6.16. The summed E-state index contributed by atoms with van der Waals surface area (Å²) in [5.74, 6) is 1.65. The lowest BCUT2D eigenvalue weighted by Crippen LogP contribution is -2.12. The molecule has 0 atom stereocenters. The molecule has 0 spiro atoms. The topological polar surface area (TPSA) is 26.0 Å². The summed E-state index contributed by atoms with van der Waals surface area (Å²) in [6.45, 7) is 6.56. The second-order valence-corrected chi connectivity index (χ2v) is 5.31. The Bertz CT molecular complexity index is 511. The van der Waals surface area contributed by atoms with Crippen molar-refractivity contribution in [3.63, 3.8) is 0 Å². The molecule has 0 fully saturated rings. The van der Waals surface area contributed by atoms with Gasteiger partial charge in [-0.25, -0.2) is 4.98 Å². The largest absolute Gasteiger partial charge is 0.439 e. The van der Waals surface area contributed by atoms with E-state index in [2.05, 4.69) is 37.9 Å². The highest BCUT2D eigenvalue weighted by molar-refractivity contribution is 6.16. The fraction of sp³-hybridized carbons (Fsp3) is 0.357. The summed E-state index contributed by atoms with van der Waals surface area (Å²) in [6.07, 6.45) is 1.74. The highest BCUT2D eigenvalue weighted by atomic mass is 35.5. The monoisotopic (exact) mass is 249 g/mol. The second-order valence-electron chi connectivity index (χ2n) is 5.05. The molecular formula is C14H16ClNO. The lowest BCUT2D eigenvalue weighted by Gasteiger charge is -2.21. The summed E-state index contributed by atoms with van der Waals surface area (Å²) in [5.41, 5.74) is 2.41. The Balaban J connectivity index is 2.52. The molecule has 1 heterocycles. The van der Waals surface area contributed by atoms with Crippen molar-refractivity contribution in [2.75, 3.05) is 0 Å². The third-order valence-corrected chi connectivity index (χ3v) is 2.90. The summed E-state index contributed by atoms with van der Waals surface area (Å²) >= 11 is 5.70. The van der Waals surface area contributed by atoms with Crippen LogP contribution < -0.4 is 0 Å². The van der Waals surface area contributed by atoms with Crippen molar-refractivity contribution >= 4 is 11.6 Å². The molecule has 0 N–H and O–H groups in total. The lowest BCUT2D eigenvalue weighted by molar-refractivity contribution is 0.524. The SMILES string of the molecule is CC(C)(C)c1ccccc1-c1cnc(CCl)o1. The van der Waals surface area contributed by atoms with E-state index in [9.17, 15) is 0 Å². The van der Waals surface area contributed by atoms with Crippen LogP contribution >= 0.6 is 11.6 Å². The predicted octanol–water partition coefficient (Wildman–Crippen LogP) is 4.38. The highest BCUT2D eigenvalue weighted by Gasteiger charge is 2.20. The highest BCUT2D eigenvalue weighted by Crippen LogP contribution is 2.33. The van der Waals surface area contributed by atoms with Gasteiger partial charge in [-0.1, -0.05) is 45.0 Å². The van der Waals surface area contributed by atoms with Crippen molar-refractivity contribution in [1.29, 1.82) is 0 Å². The van der Waals surface area contributed by atoms with E-state index >= 15 is 0 Å². The van der Waals surface area contributed by atoms with Crippen molar-refractivity contribution in [1.82, 2.24) is 4.98 Å². The molecule has 2 nitrogen and oxygen atoms in total. The first-order valence-electron chi connectivity index (χ1n) is 5.63. The van der Waals surface area contributed by atoms with Crippen molar-refractivity contribution < 1.29 is 4.42 Å². The van der Waals surface area contributed by atoms with Crippen molar-refractivity contribution in [3.05, 3.63) is 41.9 Å². The van der Waals surface area contributed by atoms with Crippen LogP contribution in [0.3, 0.4) is 0 Å². The van der Waals surface area contributed by atoms with Gasteiger partial charge in [-0.05, 0) is 11.0 Å². The molecule has 0 saturated carbocycles. The van der Waals surface area contributed by atoms with Gasteiger partial charge in [0, 0.05) is 5.56 Å². The Kier molecular flexibility index (Phi) is 3.25. The molecule has 0 aliphatic heterocycles. The first-order chi connectivity index (χ1) is 8.02. The molecule has 90 valence electrons. The van der Waals surface area contributed by atoms with E-state index in [0.717, 1.165) is 11.3 Å². The van der Waals surface area contributed by atoms with Crippen molar-refractivity contribution in [2.24, 2.45) is 0 Å². The average Bonchev–Trinajstić information content (AvgIpc) is 2.76. The van der Waals surface area contributed by atoms with E-state index in [1.807, 2.05) is 12.1 Å². The predicted molar refractivity (Wildman–Crippen MR) is 70.2 cm³/mol. The second kappa shape index (κ2) is 4.53. The van der Waals surface area contributed by atoms with E-state index in [4.69, 9.17) is 16.0 Å². The van der Waals surface area contributed by atoms with Crippen LogP contribution in [0.1, 0.15) is 32.2 Å². The molecule has 0 aliphatic rings. The molecule has 0 unspecified atom stereocenters. The molecule has 0 aliphatic carbocycles. The third-order valence-electron chi connectivity index (χ3n) is 2.67. The Morgan fingerprint density at radius 1 is 1.24 bits per heavy atom. The van der Waals surface area contributed by atoms with Gasteiger partial charge in [-0.3, -0.25) is 0 Å². The van der Waals surface area contributed by atoms with Gasteiger partial charge in [-0.15, -0.1) is 11.6 Å². The summed E-state index contributed by atoms with van der Waals surface area (Å²) in [5, 5.41) is 0. The van der Waals surface area contributed by atoms with E-state index in [1.165, 1.54) is 5.56 Å². The van der Waals surface area contributed by atoms with E-state index in [-0.39, 0.29) is 5.41 Å². The summed E-state index contributed by atoms with van der Waals surface area (Å²) < 4.78 is 5.61. The van der Waals surface area contributed by atoms with Gasteiger partial charge in [0.2, 0.25) is 5.89 Å². The van der Waals surface area contributed by atoms with Gasteiger partial charge >= 0.3 is 0 Å². The van der Waals surface area contributed by atoms with Gasteiger partial charge in [0.25, 0.3) is 0 Å². The molecule has 0 radical (unpaired) electrons. The number of hydrogen-bond acceptors (Lipinski definition) is 2. The third kappa shape index (κ3) is 2.52. The zero-order chi connectivity index (χ0) is 12.5. The number of benzene rings is 1. The van der Waals surface area contributed by atoms with Gasteiger partial charge in [0.1, 0.15) is 0 Å². The normalized spacial score (nSPS) is 11.8. The maximum Gasteiger partial charge on any atom is 0.209 e. The molecule has 1 aromatic heterocycles. The number of nitrogens with zero attached hydrogens (tertiary/aromatic N) is 1. The van der Waals surface area contributed by atoms with Crippen molar-refractivity contribution in [3.8, 4) is 11.3 Å². The average molecular weight is 250 g/mol. The standard InChI is InChI=1S/C14H16ClNO/c1-14(2,3)11-7-5-4-6-10(11)12-9-16-13(8-15)17-12/h4-7,9H,8H2,1-3H3. The molecule has 0 saturated heterocycles. The van der Waals surface area contributed by atoms with Crippen LogP contribution in [-0.2, 0) is 11.3 Å². The quantitative estimate of drug-likeness (QED) is 0.739. The van der Waals surface area contributed by atoms with Gasteiger partial charge in [-0.2, -0.15) is 0 Å². The molecule has 1 aromatic carbocycles. The molecule has 2 rings (SSSR count). The van der Waals surface area contributed by atoms with Gasteiger partial charge < -0.3 is 4.42 Å². The van der Waals surface area contributed by atoms with Crippen LogP contribution in [0.4, 0.5) is 0 Å². The summed E-state index contributed by atoms with van der Waals surface area (Å²) in [6, 6.07) is 8.23. The number of halogens is 1. The molecule has 17 heavy (non-hydrogen) atoms. The number of hydrogen-bond donors (Lipinski definition) is 0. The van der Waals surface area contributed by atoms with Crippen LogP contribution in [0.25, 0.3) is 11.3 Å². The van der Waals surface area contributed by atoms with Gasteiger partial charge in [0.15, 0.2) is 5.76 Å². The molecular weight excluding hydrogens is 234 g/mol. The van der Waals surface area contributed by atoms with E-state index < -0.39 is 0 Å². The Morgan fingerprint density at radius 2 is 1.94 bits per heavy atom. The van der Waals surface area contributed by atoms with E-state index in [1.54, 1.807) is 6.20 Å². The molecule has 0 amide bonds. The maximum atomic E-state index is 5.70. The smallest absolute Gasteiger partial charge is 0.209 e. The number of aromatic nitrogens is 1. The number of oxazole rings is 1. The van der Waals surface area contributed by atoms with Crippen LogP contribution in [0.2, 0.25) is 0 Å². The number of rotatable bonds is 2. The van der Waals surface area contributed by atoms with Crippen LogP contribution in [0, 0.1) is 0 Å². The fourth-order valence-corrected chi connectivity index (χ4v) is 1.97.